The molecule has 1 saturated carbocycles. The van der Waals surface area contributed by atoms with Crippen molar-refractivity contribution in [1.29, 1.82) is 0 Å². The molecule has 2 saturated heterocycles. The van der Waals surface area contributed by atoms with Crippen LogP contribution in [0.3, 0.4) is 0 Å². The second kappa shape index (κ2) is 22.0. The zero-order valence-corrected chi connectivity index (χ0v) is 41.7. The lowest BCUT2D eigenvalue weighted by atomic mass is 9.76. The maximum Gasteiger partial charge on any atom is 0.329 e. The number of Topliss-reactive ketones (excluding diaryl/α,β-unsaturated/α-hetero) is 2. The smallest absolute Gasteiger partial charge is 0.329 e. The first kappa shape index (κ1) is 51.5. The van der Waals surface area contributed by atoms with Crippen LogP contribution < -0.4 is 4.90 Å². The Morgan fingerprint density at radius 1 is 0.970 bits per heavy atom. The Labute approximate surface area is 393 Å². The largest absolute Gasteiger partial charge is 0.456 e. The van der Waals surface area contributed by atoms with Crippen molar-refractivity contribution >= 4 is 40.0 Å². The lowest BCUT2D eigenvalue weighted by Gasteiger charge is -2.47. The molecule has 12 unspecified atom stereocenters. The Balaban J connectivity index is 1.41. The normalized spacial score (nSPS) is 36.0. The molecule has 366 valence electrons. The quantitative estimate of drug-likeness (QED) is 0.155. The zero-order valence-electron chi connectivity index (χ0n) is 41.7. The van der Waals surface area contributed by atoms with Crippen LogP contribution in [0.1, 0.15) is 125 Å². The van der Waals surface area contributed by atoms with Gasteiger partial charge in [-0.1, -0.05) is 45.4 Å². The SMILES string of the molecule is CCC1/C=C(\C)CC(C)CC(OC)C2OC(O)(C(=O)C(=O)N3CCCCC3C(=O)OC(C(C)=CC3(N(C)c4ccc5c(ccn5C)c4)CCCC(OC)C3)C(C)CCC1=O)C(C)CC2OC. The molecule has 1 aliphatic carbocycles. The van der Waals surface area contributed by atoms with Crippen LogP contribution >= 0.6 is 0 Å². The van der Waals surface area contributed by atoms with Crippen molar-refractivity contribution in [3.8, 4) is 0 Å². The highest BCUT2D eigenvalue weighted by atomic mass is 16.7. The number of ketones is 2. The van der Waals surface area contributed by atoms with Crippen LogP contribution in [-0.4, -0.2) is 121 Å². The number of cyclic esters (lactones) is 1. The number of esters is 1. The summed E-state index contributed by atoms with van der Waals surface area (Å²) in [6.07, 6.45) is 11.5. The van der Waals surface area contributed by atoms with E-state index in [2.05, 4.69) is 73.0 Å². The molecule has 13 nitrogen and oxygen atoms in total. The fourth-order valence-electron chi connectivity index (χ4n) is 11.6. The predicted molar refractivity (Wildman–Crippen MR) is 256 cm³/mol. The second-order valence-electron chi connectivity index (χ2n) is 20.4. The van der Waals surface area contributed by atoms with Crippen molar-refractivity contribution in [2.45, 2.75) is 173 Å². The van der Waals surface area contributed by atoms with Gasteiger partial charge in [-0.05, 0) is 126 Å². The van der Waals surface area contributed by atoms with E-state index in [9.17, 15) is 24.3 Å². The summed E-state index contributed by atoms with van der Waals surface area (Å²) in [5.74, 6) is -6.32. The lowest BCUT2D eigenvalue weighted by molar-refractivity contribution is -0.302. The molecule has 3 fully saturated rings. The lowest BCUT2D eigenvalue weighted by Crippen LogP contribution is -2.64. The first-order valence-electron chi connectivity index (χ1n) is 24.6. The van der Waals surface area contributed by atoms with E-state index in [4.69, 9.17) is 23.7 Å². The molecule has 6 rings (SSSR count). The van der Waals surface area contributed by atoms with E-state index in [-0.39, 0.29) is 42.6 Å². The van der Waals surface area contributed by atoms with Crippen LogP contribution in [0.4, 0.5) is 5.69 Å². The number of benzene rings is 1. The molecule has 2 bridgehead atoms. The third kappa shape index (κ3) is 11.0. The minimum Gasteiger partial charge on any atom is -0.456 e. The van der Waals surface area contributed by atoms with Gasteiger partial charge in [-0.3, -0.25) is 14.4 Å². The van der Waals surface area contributed by atoms with Crippen LogP contribution in [0, 0.1) is 23.7 Å². The molecule has 66 heavy (non-hydrogen) atoms. The number of fused-ring (bicyclic) bond motifs is 4. The number of allylic oxidation sites excluding steroid dienone is 2. The summed E-state index contributed by atoms with van der Waals surface area (Å²) in [7, 11) is 9.05. The number of nitrogens with zero attached hydrogens (tertiary/aromatic N) is 3. The maximum atomic E-state index is 14.8. The molecule has 0 radical (unpaired) electrons. The van der Waals surface area contributed by atoms with Gasteiger partial charge in [-0.15, -0.1) is 0 Å². The number of aromatic nitrogens is 1. The number of hydrogen-bond donors (Lipinski definition) is 1. The Morgan fingerprint density at radius 3 is 2.39 bits per heavy atom. The molecule has 12 atom stereocenters. The van der Waals surface area contributed by atoms with Crippen LogP contribution in [0.5, 0.6) is 0 Å². The molecule has 13 heteroatoms. The second-order valence-corrected chi connectivity index (χ2v) is 20.4. The molecular weight excluding hydrogens is 839 g/mol. The minimum atomic E-state index is -2.48. The average Bonchev–Trinajstić information content (AvgIpc) is 3.69. The van der Waals surface area contributed by atoms with E-state index in [0.29, 0.717) is 57.8 Å². The van der Waals surface area contributed by atoms with E-state index in [1.807, 2.05) is 27.8 Å². The van der Waals surface area contributed by atoms with Crippen LogP contribution in [-0.2, 0) is 49.9 Å². The number of piperidine rings is 1. The summed E-state index contributed by atoms with van der Waals surface area (Å²) in [5, 5.41) is 13.3. The Kier molecular flexibility index (Phi) is 17.2. The summed E-state index contributed by atoms with van der Waals surface area (Å²) in [5.41, 5.74) is 3.62. The van der Waals surface area contributed by atoms with Gasteiger partial charge in [-0.2, -0.15) is 0 Å². The van der Waals surface area contributed by atoms with Gasteiger partial charge in [0.15, 0.2) is 0 Å². The molecule has 2 aromatic rings. The summed E-state index contributed by atoms with van der Waals surface area (Å²) in [6.45, 7) is 12.0. The van der Waals surface area contributed by atoms with Gasteiger partial charge in [0.2, 0.25) is 5.79 Å². The van der Waals surface area contributed by atoms with Gasteiger partial charge < -0.3 is 43.2 Å². The van der Waals surface area contributed by atoms with Crippen LogP contribution in [0.15, 0.2) is 53.8 Å². The number of carbonyl (C=O) groups is 4. The first-order valence-corrected chi connectivity index (χ1v) is 24.6. The predicted octanol–water partition coefficient (Wildman–Crippen LogP) is 8.28. The summed E-state index contributed by atoms with van der Waals surface area (Å²) in [4.78, 5) is 61.5. The zero-order chi connectivity index (χ0) is 48.1. The minimum absolute atomic E-state index is 0.0120. The summed E-state index contributed by atoms with van der Waals surface area (Å²) < 4.78 is 33.0. The number of rotatable bonds is 8. The molecule has 4 heterocycles. The van der Waals surface area contributed by atoms with Gasteiger partial charge in [-0.25, -0.2) is 4.79 Å². The molecule has 1 aromatic carbocycles. The number of hydrogen-bond acceptors (Lipinski definition) is 11. The van der Waals surface area contributed by atoms with Crippen molar-refractivity contribution in [2.24, 2.45) is 30.7 Å². The van der Waals surface area contributed by atoms with Gasteiger partial charge in [0.1, 0.15) is 24.0 Å². The van der Waals surface area contributed by atoms with Gasteiger partial charge in [0.05, 0.1) is 23.9 Å². The molecule has 1 aromatic heterocycles. The highest BCUT2D eigenvalue weighted by Gasteiger charge is 2.56. The Bertz CT molecular complexity index is 2100. The maximum absolute atomic E-state index is 14.8. The molecular formula is C53H79N3O10. The number of aliphatic hydroxyl groups is 1. The monoisotopic (exact) mass is 918 g/mol. The Hall–Kier alpha value is -3.88. The molecule has 0 spiro atoms. The van der Waals surface area contributed by atoms with E-state index in [0.717, 1.165) is 47.0 Å². The molecule has 3 aliphatic heterocycles. The van der Waals surface area contributed by atoms with Crippen molar-refractivity contribution < 1.29 is 48.0 Å². The van der Waals surface area contributed by atoms with Crippen LogP contribution in [0.2, 0.25) is 0 Å². The molecule has 4 aliphatic rings. The van der Waals surface area contributed by atoms with Crippen molar-refractivity contribution in [3.05, 3.63) is 53.8 Å². The van der Waals surface area contributed by atoms with Crippen molar-refractivity contribution in [2.75, 3.05) is 39.8 Å². The molecule has 1 amide bonds. The first-order chi connectivity index (χ1) is 31.4. The van der Waals surface area contributed by atoms with Crippen molar-refractivity contribution in [1.82, 2.24) is 9.47 Å². The van der Waals surface area contributed by atoms with Crippen LogP contribution in [0.25, 0.3) is 10.9 Å². The topological polar surface area (TPSA) is 146 Å². The standard InChI is InChI=1S/C53H79N3O10/c1-12-38-27-33(2)26-34(3)28-45(63-10)48-46(64-11)29-37(6)53(61,66-48)49(58)50(59)56-24-14-13-17-43(56)51(60)65-47(35(4)18-21-44(38)57)36(5)31-52(23-15-16-41(32-52)62-9)55(8)40-19-20-42-39(30-40)22-25-54(42)7/h19-20,22,25,27,30-31,34-35,37-38,41,43,45-48,61H,12-18,21,23-24,26,28-29,32H2,1-11H3/b33-27+,36-31?. The van der Waals surface area contributed by atoms with Gasteiger partial charge in [0.25, 0.3) is 11.7 Å². The fraction of sp³-hybridized carbons (Fsp3) is 0.698. The van der Waals surface area contributed by atoms with E-state index < -0.39 is 65.4 Å². The van der Waals surface area contributed by atoms with E-state index >= 15 is 0 Å². The highest BCUT2D eigenvalue weighted by Crippen LogP contribution is 2.42. The number of likely N-dealkylation sites (N-methyl/N-ethyl adjacent to an activating group) is 1. The molecule has 1 N–H and O–H groups in total. The number of ether oxygens (including phenoxy) is 5. The Morgan fingerprint density at radius 2 is 1.70 bits per heavy atom. The summed E-state index contributed by atoms with van der Waals surface area (Å²) in [6, 6.07) is 7.57. The average molecular weight is 918 g/mol. The number of carbonyl (C=O) groups excluding carboxylic acids is 4. The van der Waals surface area contributed by atoms with E-state index in [1.165, 1.54) is 4.90 Å². The third-order valence-corrected chi connectivity index (χ3v) is 15.6. The number of aryl methyl sites for hydroxylation is 1. The fourth-order valence-corrected chi connectivity index (χ4v) is 11.6. The van der Waals surface area contributed by atoms with Crippen molar-refractivity contribution in [3.63, 3.8) is 0 Å². The van der Waals surface area contributed by atoms with Gasteiger partial charge >= 0.3 is 5.97 Å². The third-order valence-electron chi connectivity index (χ3n) is 15.6. The number of anilines is 1. The number of methoxy groups -OCH3 is 3. The van der Waals surface area contributed by atoms with E-state index in [1.54, 1.807) is 28.3 Å². The highest BCUT2D eigenvalue weighted by molar-refractivity contribution is 6.39. The summed E-state index contributed by atoms with van der Waals surface area (Å²) >= 11 is 0. The number of amides is 1. The van der Waals surface area contributed by atoms with Gasteiger partial charge in [0, 0.05) is 89.4 Å².